The molecule has 0 aliphatic heterocycles. The van der Waals surface area contributed by atoms with Crippen molar-refractivity contribution in [3.05, 3.63) is 277 Å². The molecule has 326 valence electrons. The Bertz CT molecular complexity index is 4130. The number of hydrogen-bond acceptors (Lipinski definition) is 2. The first-order valence-corrected chi connectivity index (χ1v) is 24.2. The van der Waals surface area contributed by atoms with Crippen LogP contribution in [0.2, 0.25) is 0 Å². The molecule has 0 fully saturated rings. The summed E-state index contributed by atoms with van der Waals surface area (Å²) in [5.74, 6) is 0. The molecular formula is C67H42N2O. The molecule has 3 heteroatoms. The van der Waals surface area contributed by atoms with Crippen molar-refractivity contribution in [3.63, 3.8) is 0 Å². The topological polar surface area (TPSA) is 21.3 Å². The summed E-state index contributed by atoms with van der Waals surface area (Å²) in [5.41, 5.74) is 23.1. The lowest BCUT2D eigenvalue weighted by Crippen LogP contribution is -2.25. The highest BCUT2D eigenvalue weighted by atomic mass is 16.3. The molecule has 0 saturated heterocycles. The molecule has 0 atom stereocenters. The van der Waals surface area contributed by atoms with E-state index in [1.165, 1.54) is 71.9 Å². The zero-order valence-corrected chi connectivity index (χ0v) is 38.1. The molecule has 2 aliphatic rings. The van der Waals surface area contributed by atoms with Gasteiger partial charge in [-0.05, 0) is 127 Å². The second-order valence-electron chi connectivity index (χ2n) is 18.7. The molecule has 13 aromatic rings. The molecule has 0 unspecified atom stereocenters. The van der Waals surface area contributed by atoms with Gasteiger partial charge in [0.2, 0.25) is 0 Å². The van der Waals surface area contributed by atoms with Gasteiger partial charge in [0.05, 0.1) is 22.1 Å². The van der Waals surface area contributed by atoms with Crippen LogP contribution in [0.5, 0.6) is 0 Å². The first-order valence-electron chi connectivity index (χ1n) is 24.2. The van der Waals surface area contributed by atoms with Gasteiger partial charge in [-0.1, -0.05) is 194 Å². The minimum Gasteiger partial charge on any atom is -0.454 e. The van der Waals surface area contributed by atoms with Gasteiger partial charge in [-0.15, -0.1) is 0 Å². The zero-order valence-electron chi connectivity index (χ0n) is 38.1. The van der Waals surface area contributed by atoms with E-state index in [-0.39, 0.29) is 0 Å². The number of rotatable bonds is 6. The number of benzene rings is 11. The largest absolute Gasteiger partial charge is 0.454 e. The first kappa shape index (κ1) is 38.9. The highest BCUT2D eigenvalue weighted by Crippen LogP contribution is 2.64. The van der Waals surface area contributed by atoms with Crippen LogP contribution in [-0.2, 0) is 5.41 Å². The lowest BCUT2D eigenvalue weighted by Gasteiger charge is -2.30. The highest BCUT2D eigenvalue weighted by Gasteiger charge is 2.52. The van der Waals surface area contributed by atoms with Crippen molar-refractivity contribution in [1.29, 1.82) is 0 Å². The fourth-order valence-corrected chi connectivity index (χ4v) is 12.4. The van der Waals surface area contributed by atoms with Crippen LogP contribution < -0.4 is 4.90 Å². The molecule has 0 bridgehead atoms. The Hall–Kier alpha value is -9.18. The van der Waals surface area contributed by atoms with E-state index in [9.17, 15) is 0 Å². The summed E-state index contributed by atoms with van der Waals surface area (Å²) in [4.78, 5) is 2.34. The number of hydrogen-bond donors (Lipinski definition) is 0. The second-order valence-corrected chi connectivity index (χ2v) is 18.7. The van der Waals surface area contributed by atoms with Crippen molar-refractivity contribution >= 4 is 60.8 Å². The molecule has 0 N–H and O–H groups in total. The lowest BCUT2D eigenvalue weighted by atomic mass is 9.70. The number of anilines is 3. The van der Waals surface area contributed by atoms with Crippen molar-refractivity contribution < 1.29 is 4.42 Å². The Balaban J connectivity index is 0.880. The van der Waals surface area contributed by atoms with Crippen LogP contribution in [0.25, 0.3) is 93.9 Å². The van der Waals surface area contributed by atoms with Crippen molar-refractivity contribution in [2.75, 3.05) is 4.90 Å². The van der Waals surface area contributed by atoms with Crippen LogP contribution in [0.4, 0.5) is 17.1 Å². The molecule has 0 amide bonds. The predicted octanol–water partition coefficient (Wildman–Crippen LogP) is 17.8. The number of aromatic nitrogens is 1. The maximum absolute atomic E-state index is 7.09. The smallest absolute Gasteiger partial charge is 0.160 e. The molecule has 15 rings (SSSR count). The van der Waals surface area contributed by atoms with E-state index in [1.807, 2.05) is 0 Å². The van der Waals surface area contributed by atoms with Crippen LogP contribution in [-0.4, -0.2) is 4.57 Å². The minimum atomic E-state index is -0.433. The van der Waals surface area contributed by atoms with E-state index in [0.29, 0.717) is 0 Å². The average Bonchev–Trinajstić information content (AvgIpc) is 4.16. The molecule has 3 nitrogen and oxygen atoms in total. The standard InChI is InChI=1S/C67H42N2O/c1-2-17-45(18-3-1)68(46-37-33-43(34-38-46)44-35-39-47(40-36-44)69-60-30-13-7-21-50(60)51-22-8-14-31-61(51)69)62-42-41-53(65-55-24-9-15-32-63(55)70-66(62)65)52-25-16-29-59-64(52)54-23-6-12-28-58(54)67(59)56-26-10-4-19-48(56)49-20-5-11-27-57(49)67/h1-42H. The minimum absolute atomic E-state index is 0.433. The molecule has 11 aromatic carbocycles. The summed E-state index contributed by atoms with van der Waals surface area (Å²) in [5, 5.41) is 4.73. The SMILES string of the molecule is c1ccc(N(c2ccc(-c3ccc(-n4c5ccccc5c5ccccc54)cc3)cc2)c2ccc(-c3cccc4c3-c3ccccc3C43c4ccccc4-c4ccccc43)c3c2oc2ccccc23)cc1. The molecule has 0 saturated carbocycles. The third-order valence-electron chi connectivity index (χ3n) is 15.2. The Morgan fingerprint density at radius 3 is 1.51 bits per heavy atom. The zero-order chi connectivity index (χ0) is 45.9. The predicted molar refractivity (Wildman–Crippen MR) is 290 cm³/mol. The fraction of sp³-hybridized carbons (Fsp3) is 0.0149. The second kappa shape index (κ2) is 14.9. The quantitative estimate of drug-likeness (QED) is 0.166. The normalized spacial score (nSPS) is 13.0. The summed E-state index contributed by atoms with van der Waals surface area (Å²) >= 11 is 0. The number of furan rings is 1. The fourth-order valence-electron chi connectivity index (χ4n) is 12.4. The van der Waals surface area contributed by atoms with Gasteiger partial charge in [-0.2, -0.15) is 0 Å². The molecule has 70 heavy (non-hydrogen) atoms. The number of para-hydroxylation sites is 4. The maximum Gasteiger partial charge on any atom is 0.160 e. The average molecular weight is 891 g/mol. The van der Waals surface area contributed by atoms with Gasteiger partial charge >= 0.3 is 0 Å². The van der Waals surface area contributed by atoms with E-state index in [0.717, 1.165) is 61.4 Å². The summed E-state index contributed by atoms with van der Waals surface area (Å²) in [6, 6.07) is 93.1. The molecule has 0 radical (unpaired) electrons. The van der Waals surface area contributed by atoms with Crippen LogP contribution in [0, 0.1) is 0 Å². The molecular weight excluding hydrogens is 849 g/mol. The van der Waals surface area contributed by atoms with E-state index < -0.39 is 5.41 Å². The van der Waals surface area contributed by atoms with Crippen molar-refractivity contribution in [1.82, 2.24) is 4.57 Å². The molecule has 1 spiro atoms. The highest BCUT2D eigenvalue weighted by molar-refractivity contribution is 6.18. The van der Waals surface area contributed by atoms with Gasteiger partial charge in [0, 0.05) is 38.6 Å². The van der Waals surface area contributed by atoms with E-state index >= 15 is 0 Å². The van der Waals surface area contributed by atoms with Crippen LogP contribution >= 0.6 is 0 Å². The third-order valence-corrected chi connectivity index (χ3v) is 15.2. The van der Waals surface area contributed by atoms with Gasteiger partial charge in [0.25, 0.3) is 0 Å². The van der Waals surface area contributed by atoms with Gasteiger partial charge in [0.15, 0.2) is 5.58 Å². The molecule has 2 heterocycles. The molecule has 2 aromatic heterocycles. The first-order chi connectivity index (χ1) is 34.8. The van der Waals surface area contributed by atoms with Gasteiger partial charge in [-0.3, -0.25) is 0 Å². The Labute approximate surface area is 405 Å². The summed E-state index contributed by atoms with van der Waals surface area (Å²) in [7, 11) is 0. The van der Waals surface area contributed by atoms with Crippen LogP contribution in [0.15, 0.2) is 259 Å². The van der Waals surface area contributed by atoms with Crippen LogP contribution in [0.1, 0.15) is 22.3 Å². The van der Waals surface area contributed by atoms with Crippen LogP contribution in [0.3, 0.4) is 0 Å². The van der Waals surface area contributed by atoms with E-state index in [4.69, 9.17) is 4.42 Å². The Morgan fingerprint density at radius 2 is 0.843 bits per heavy atom. The Morgan fingerprint density at radius 1 is 0.343 bits per heavy atom. The number of fused-ring (bicyclic) bond motifs is 16. The summed E-state index contributed by atoms with van der Waals surface area (Å²) in [6.45, 7) is 0. The van der Waals surface area contributed by atoms with Crippen molar-refractivity contribution in [2.24, 2.45) is 0 Å². The van der Waals surface area contributed by atoms with Crippen molar-refractivity contribution in [2.45, 2.75) is 5.41 Å². The monoisotopic (exact) mass is 890 g/mol. The van der Waals surface area contributed by atoms with Gasteiger partial charge in [0.1, 0.15) is 5.58 Å². The van der Waals surface area contributed by atoms with Crippen molar-refractivity contribution in [3.8, 4) is 50.2 Å². The van der Waals surface area contributed by atoms with Gasteiger partial charge < -0.3 is 13.9 Å². The third kappa shape index (κ3) is 5.34. The van der Waals surface area contributed by atoms with E-state index in [2.05, 4.69) is 264 Å². The summed E-state index contributed by atoms with van der Waals surface area (Å²) < 4.78 is 9.46. The number of nitrogens with zero attached hydrogens (tertiary/aromatic N) is 2. The molecule has 2 aliphatic carbocycles. The van der Waals surface area contributed by atoms with Gasteiger partial charge in [-0.25, -0.2) is 0 Å². The maximum atomic E-state index is 7.09. The van der Waals surface area contributed by atoms with E-state index in [1.54, 1.807) is 0 Å². The Kier molecular flexibility index (Phi) is 8.28. The lowest BCUT2D eigenvalue weighted by molar-refractivity contribution is 0.669. The summed E-state index contributed by atoms with van der Waals surface area (Å²) in [6.07, 6.45) is 0.